The standard InChI is InChI=1S/C16H22ClN3O/c1-3-4-7-20(10-5-6-10)14-9-13-11(8-12(14)17)15(18-2)16(21)19-13/h8-10,15,18H,3-7H2,1-2H3,(H,19,21). The number of benzene rings is 1. The summed E-state index contributed by atoms with van der Waals surface area (Å²) < 4.78 is 0. The molecule has 1 aliphatic carbocycles. The van der Waals surface area contributed by atoms with Gasteiger partial charge in [0.25, 0.3) is 0 Å². The Bertz CT molecular complexity index is 557. The Kier molecular flexibility index (Phi) is 4.09. The van der Waals surface area contributed by atoms with Crippen LogP contribution in [0.1, 0.15) is 44.2 Å². The van der Waals surface area contributed by atoms with Crippen LogP contribution in [0.3, 0.4) is 0 Å². The molecule has 1 amide bonds. The van der Waals surface area contributed by atoms with Crippen LogP contribution in [-0.4, -0.2) is 25.5 Å². The van der Waals surface area contributed by atoms with Crippen LogP contribution in [0.2, 0.25) is 5.02 Å². The highest BCUT2D eigenvalue weighted by Gasteiger charge is 2.34. The third-order valence-electron chi connectivity index (χ3n) is 4.29. The van der Waals surface area contributed by atoms with E-state index >= 15 is 0 Å². The van der Waals surface area contributed by atoms with E-state index in [2.05, 4.69) is 22.5 Å². The zero-order chi connectivity index (χ0) is 15.0. The number of fused-ring (bicyclic) bond motifs is 1. The number of halogens is 1. The van der Waals surface area contributed by atoms with Gasteiger partial charge in [0, 0.05) is 23.8 Å². The van der Waals surface area contributed by atoms with Gasteiger partial charge in [-0.2, -0.15) is 0 Å². The van der Waals surface area contributed by atoms with Crippen molar-refractivity contribution in [3.05, 3.63) is 22.7 Å². The first-order valence-corrected chi connectivity index (χ1v) is 8.11. The molecule has 1 saturated carbocycles. The van der Waals surface area contributed by atoms with Crippen LogP contribution in [-0.2, 0) is 4.79 Å². The van der Waals surface area contributed by atoms with Crippen molar-refractivity contribution < 1.29 is 4.79 Å². The molecular weight excluding hydrogens is 286 g/mol. The molecule has 1 unspecified atom stereocenters. The molecule has 4 nitrogen and oxygen atoms in total. The lowest BCUT2D eigenvalue weighted by Crippen LogP contribution is -2.27. The number of nitrogens with zero attached hydrogens (tertiary/aromatic N) is 1. The average Bonchev–Trinajstić information content (AvgIpc) is 3.24. The summed E-state index contributed by atoms with van der Waals surface area (Å²) in [6.07, 6.45) is 4.81. The van der Waals surface area contributed by atoms with Gasteiger partial charge in [-0.3, -0.25) is 4.79 Å². The predicted octanol–water partition coefficient (Wildman–Crippen LogP) is 3.32. The van der Waals surface area contributed by atoms with Crippen molar-refractivity contribution >= 4 is 28.9 Å². The minimum atomic E-state index is -0.295. The maximum absolute atomic E-state index is 11.9. The molecule has 3 rings (SSSR count). The summed E-state index contributed by atoms with van der Waals surface area (Å²) in [6, 6.07) is 4.30. The number of unbranched alkanes of at least 4 members (excludes halogenated alkanes) is 1. The summed E-state index contributed by atoms with van der Waals surface area (Å²) in [4.78, 5) is 14.4. The van der Waals surface area contributed by atoms with E-state index in [4.69, 9.17) is 11.6 Å². The van der Waals surface area contributed by atoms with Gasteiger partial charge in [0.2, 0.25) is 5.91 Å². The number of hydrogen-bond donors (Lipinski definition) is 2. The smallest absolute Gasteiger partial charge is 0.246 e. The Morgan fingerprint density at radius 3 is 2.81 bits per heavy atom. The number of rotatable bonds is 6. The van der Waals surface area contributed by atoms with Crippen molar-refractivity contribution in [1.29, 1.82) is 0 Å². The van der Waals surface area contributed by atoms with Crippen LogP contribution in [0.4, 0.5) is 11.4 Å². The lowest BCUT2D eigenvalue weighted by Gasteiger charge is -2.26. The van der Waals surface area contributed by atoms with E-state index in [9.17, 15) is 4.79 Å². The average molecular weight is 308 g/mol. The van der Waals surface area contributed by atoms with Gasteiger partial charge in [-0.15, -0.1) is 0 Å². The minimum absolute atomic E-state index is 0.00718. The van der Waals surface area contributed by atoms with E-state index in [0.717, 1.165) is 34.9 Å². The Balaban J connectivity index is 1.93. The first kappa shape index (κ1) is 14.7. The summed E-state index contributed by atoms with van der Waals surface area (Å²) in [5, 5.41) is 6.72. The molecule has 1 atom stereocenters. The Morgan fingerprint density at radius 2 is 2.19 bits per heavy atom. The van der Waals surface area contributed by atoms with Crippen LogP contribution in [0.15, 0.2) is 12.1 Å². The minimum Gasteiger partial charge on any atom is -0.367 e. The van der Waals surface area contributed by atoms with Crippen molar-refractivity contribution in [1.82, 2.24) is 5.32 Å². The molecule has 5 heteroatoms. The molecule has 0 radical (unpaired) electrons. The molecule has 1 aromatic rings. The molecule has 21 heavy (non-hydrogen) atoms. The van der Waals surface area contributed by atoms with E-state index in [-0.39, 0.29) is 11.9 Å². The molecule has 2 N–H and O–H groups in total. The number of carbonyl (C=O) groups is 1. The van der Waals surface area contributed by atoms with Gasteiger partial charge >= 0.3 is 0 Å². The van der Waals surface area contributed by atoms with Crippen LogP contribution in [0, 0.1) is 0 Å². The number of hydrogen-bond acceptors (Lipinski definition) is 3. The third kappa shape index (κ3) is 2.74. The normalized spacial score (nSPS) is 20.3. The first-order chi connectivity index (χ1) is 10.2. The van der Waals surface area contributed by atoms with Gasteiger partial charge in [-0.25, -0.2) is 0 Å². The zero-order valence-corrected chi connectivity index (χ0v) is 13.3. The Morgan fingerprint density at radius 1 is 1.43 bits per heavy atom. The molecular formula is C16H22ClN3O. The van der Waals surface area contributed by atoms with Crippen molar-refractivity contribution in [2.24, 2.45) is 0 Å². The van der Waals surface area contributed by atoms with Crippen LogP contribution in [0.5, 0.6) is 0 Å². The lowest BCUT2D eigenvalue weighted by atomic mass is 10.1. The second-order valence-electron chi connectivity index (χ2n) is 5.88. The molecule has 0 bridgehead atoms. The topological polar surface area (TPSA) is 44.4 Å². The number of carbonyl (C=O) groups excluding carboxylic acids is 1. The van der Waals surface area contributed by atoms with Gasteiger partial charge < -0.3 is 15.5 Å². The Labute approximate surface area is 130 Å². The maximum atomic E-state index is 11.9. The lowest BCUT2D eigenvalue weighted by molar-refractivity contribution is -0.117. The van der Waals surface area contributed by atoms with Crippen molar-refractivity contribution in [2.45, 2.75) is 44.7 Å². The number of likely N-dealkylation sites (N-methyl/N-ethyl adjacent to an activating group) is 1. The van der Waals surface area contributed by atoms with E-state index in [0.29, 0.717) is 6.04 Å². The first-order valence-electron chi connectivity index (χ1n) is 7.74. The molecule has 0 aromatic heterocycles. The van der Waals surface area contributed by atoms with Crippen molar-refractivity contribution in [3.63, 3.8) is 0 Å². The van der Waals surface area contributed by atoms with Crippen molar-refractivity contribution in [2.75, 3.05) is 23.8 Å². The van der Waals surface area contributed by atoms with Gasteiger partial charge in [-0.05, 0) is 38.4 Å². The van der Waals surface area contributed by atoms with Crippen LogP contribution in [0.25, 0.3) is 0 Å². The quantitative estimate of drug-likeness (QED) is 0.847. The SMILES string of the molecule is CCCCN(c1cc2c(cc1Cl)C(NC)C(=O)N2)C1CC1. The van der Waals surface area contributed by atoms with Gasteiger partial charge in [-0.1, -0.05) is 24.9 Å². The summed E-state index contributed by atoms with van der Waals surface area (Å²) in [6.45, 7) is 3.23. The number of nitrogens with one attached hydrogen (secondary N) is 2. The fraction of sp³-hybridized carbons (Fsp3) is 0.562. The van der Waals surface area contributed by atoms with E-state index in [1.165, 1.54) is 19.3 Å². The predicted molar refractivity (Wildman–Crippen MR) is 87.2 cm³/mol. The van der Waals surface area contributed by atoms with Crippen molar-refractivity contribution in [3.8, 4) is 0 Å². The van der Waals surface area contributed by atoms with Gasteiger partial charge in [0.1, 0.15) is 6.04 Å². The summed E-state index contributed by atoms with van der Waals surface area (Å²) in [7, 11) is 1.79. The summed E-state index contributed by atoms with van der Waals surface area (Å²) in [5.74, 6) is -0.00718. The highest BCUT2D eigenvalue weighted by atomic mass is 35.5. The van der Waals surface area contributed by atoms with Crippen LogP contribution < -0.4 is 15.5 Å². The van der Waals surface area contributed by atoms with Gasteiger partial charge in [0.15, 0.2) is 0 Å². The van der Waals surface area contributed by atoms with Crippen LogP contribution >= 0.6 is 11.6 Å². The summed E-state index contributed by atoms with van der Waals surface area (Å²) >= 11 is 6.51. The zero-order valence-electron chi connectivity index (χ0n) is 12.6. The maximum Gasteiger partial charge on any atom is 0.246 e. The number of amides is 1. The molecule has 0 spiro atoms. The second kappa shape index (κ2) is 5.85. The Hall–Kier alpha value is -1.26. The highest BCUT2D eigenvalue weighted by molar-refractivity contribution is 6.33. The third-order valence-corrected chi connectivity index (χ3v) is 4.59. The largest absolute Gasteiger partial charge is 0.367 e. The van der Waals surface area contributed by atoms with E-state index in [1.807, 2.05) is 12.1 Å². The summed E-state index contributed by atoms with van der Waals surface area (Å²) in [5.41, 5.74) is 2.90. The molecule has 1 aliphatic heterocycles. The second-order valence-corrected chi connectivity index (χ2v) is 6.29. The monoisotopic (exact) mass is 307 g/mol. The molecule has 2 aliphatic rings. The van der Waals surface area contributed by atoms with E-state index in [1.54, 1.807) is 7.05 Å². The molecule has 1 fully saturated rings. The molecule has 0 saturated heterocycles. The fourth-order valence-electron chi connectivity index (χ4n) is 2.99. The molecule has 1 aromatic carbocycles. The molecule has 1 heterocycles. The fourth-order valence-corrected chi connectivity index (χ4v) is 3.27. The molecule has 114 valence electrons. The number of anilines is 2. The van der Waals surface area contributed by atoms with Gasteiger partial charge in [0.05, 0.1) is 10.7 Å². The highest BCUT2D eigenvalue weighted by Crippen LogP contribution is 2.42. The van der Waals surface area contributed by atoms with E-state index < -0.39 is 0 Å².